The first-order valence-corrected chi connectivity index (χ1v) is 12.4. The van der Waals surface area contributed by atoms with Gasteiger partial charge in [0, 0.05) is 12.6 Å². The van der Waals surface area contributed by atoms with E-state index in [4.69, 9.17) is 0 Å². The molecule has 0 radical (unpaired) electrons. The lowest BCUT2D eigenvalue weighted by Gasteiger charge is -2.26. The molecule has 3 heteroatoms. The summed E-state index contributed by atoms with van der Waals surface area (Å²) >= 11 is 0. The van der Waals surface area contributed by atoms with Crippen molar-refractivity contribution in [3.8, 4) is 28.0 Å². The van der Waals surface area contributed by atoms with Crippen LogP contribution in [0.3, 0.4) is 0 Å². The van der Waals surface area contributed by atoms with Crippen molar-refractivity contribution in [1.29, 1.82) is 0 Å². The first kappa shape index (κ1) is 24.1. The second kappa shape index (κ2) is 10.2. The van der Waals surface area contributed by atoms with Crippen molar-refractivity contribution in [1.82, 2.24) is 0 Å². The van der Waals surface area contributed by atoms with Crippen molar-refractivity contribution < 1.29 is 9.90 Å². The molecule has 0 atom stereocenters. The van der Waals surface area contributed by atoms with Crippen LogP contribution in [0.1, 0.15) is 27.0 Å². The van der Waals surface area contributed by atoms with Crippen LogP contribution in [0.4, 0.5) is 11.4 Å². The number of rotatable bonds is 6. The molecule has 0 saturated carbocycles. The molecule has 0 saturated heterocycles. The molecule has 0 aliphatic heterocycles. The van der Waals surface area contributed by atoms with E-state index in [1.807, 2.05) is 91.7 Å². The molecule has 182 valence electrons. The molecular formula is C34H29NO2. The first-order chi connectivity index (χ1) is 17.9. The zero-order chi connectivity index (χ0) is 25.9. The van der Waals surface area contributed by atoms with Gasteiger partial charge in [0.2, 0.25) is 0 Å². The highest BCUT2D eigenvalue weighted by Gasteiger charge is 2.24. The summed E-state index contributed by atoms with van der Waals surface area (Å²) in [6.45, 7) is 4.08. The number of phenols is 1. The third kappa shape index (κ3) is 4.89. The van der Waals surface area contributed by atoms with Crippen LogP contribution in [-0.4, -0.2) is 17.9 Å². The van der Waals surface area contributed by atoms with Crippen molar-refractivity contribution in [2.45, 2.75) is 13.8 Å². The summed E-state index contributed by atoms with van der Waals surface area (Å²) in [7, 11) is 1.89. The number of aromatic hydroxyl groups is 1. The Kier molecular flexibility index (Phi) is 6.61. The minimum atomic E-state index is -0.0634. The lowest BCUT2D eigenvalue weighted by Crippen LogP contribution is -2.16. The summed E-state index contributed by atoms with van der Waals surface area (Å²) < 4.78 is 0. The highest BCUT2D eigenvalue weighted by molar-refractivity contribution is 6.17. The number of carbonyl (C=O) groups excluding carboxylic acids is 1. The summed E-state index contributed by atoms with van der Waals surface area (Å²) in [4.78, 5) is 16.1. The van der Waals surface area contributed by atoms with Crippen molar-refractivity contribution >= 4 is 17.2 Å². The van der Waals surface area contributed by atoms with Crippen LogP contribution >= 0.6 is 0 Å². The van der Waals surface area contributed by atoms with E-state index in [1.54, 1.807) is 12.1 Å². The third-order valence-corrected chi connectivity index (χ3v) is 6.73. The molecule has 0 aliphatic rings. The quantitative estimate of drug-likeness (QED) is 0.247. The molecule has 0 aliphatic carbocycles. The molecule has 5 aromatic rings. The number of phenolic OH excluding ortho intramolecular Hbond substituents is 1. The number of anilines is 2. The van der Waals surface area contributed by atoms with Crippen molar-refractivity contribution in [3.63, 3.8) is 0 Å². The van der Waals surface area contributed by atoms with Gasteiger partial charge >= 0.3 is 0 Å². The molecule has 37 heavy (non-hydrogen) atoms. The van der Waals surface area contributed by atoms with Gasteiger partial charge in [0.1, 0.15) is 5.75 Å². The first-order valence-electron chi connectivity index (χ1n) is 12.4. The lowest BCUT2D eigenvalue weighted by atomic mass is 9.88. The van der Waals surface area contributed by atoms with Gasteiger partial charge in [-0.2, -0.15) is 0 Å². The lowest BCUT2D eigenvalue weighted by molar-refractivity contribution is 0.104. The van der Waals surface area contributed by atoms with E-state index in [1.165, 1.54) is 5.56 Å². The van der Waals surface area contributed by atoms with E-state index in [2.05, 4.69) is 37.3 Å². The standard InChI is InChI=1S/C34H29NO2/c1-23-13-17-25(18-14-23)28-21-29(26-9-5-4-6-10-26)33(34(37)27-19-15-24(2)16-20-27)31(22-28)35(3)30-11-7-8-12-32(30)36/h4-22,36H,1-3H3. The smallest absolute Gasteiger partial charge is 0.195 e. The number of carbonyl (C=O) groups is 1. The largest absolute Gasteiger partial charge is 0.506 e. The van der Waals surface area contributed by atoms with Crippen LogP contribution < -0.4 is 4.90 Å². The molecule has 0 fully saturated rings. The number of hydrogen-bond acceptors (Lipinski definition) is 3. The Bertz CT molecular complexity index is 1550. The molecule has 0 aromatic heterocycles. The van der Waals surface area contributed by atoms with Gasteiger partial charge < -0.3 is 10.0 Å². The number of ketones is 1. The number of nitrogens with zero attached hydrogens (tertiary/aromatic N) is 1. The van der Waals surface area contributed by atoms with Crippen LogP contribution in [0.15, 0.2) is 115 Å². The summed E-state index contributed by atoms with van der Waals surface area (Å²) in [6, 6.07) is 37.4. The molecule has 1 N–H and O–H groups in total. The Morgan fingerprint density at radius 2 is 1.22 bits per heavy atom. The molecule has 0 spiro atoms. The SMILES string of the molecule is Cc1ccc(C(=O)c2c(-c3ccccc3)cc(-c3ccc(C)cc3)cc2N(C)c2ccccc2O)cc1. The molecule has 0 amide bonds. The Morgan fingerprint density at radius 1 is 0.622 bits per heavy atom. The summed E-state index contributed by atoms with van der Waals surface area (Å²) in [5.74, 6) is 0.0901. The maximum atomic E-state index is 14.2. The van der Waals surface area contributed by atoms with Crippen LogP contribution in [-0.2, 0) is 0 Å². The van der Waals surface area contributed by atoms with Crippen LogP contribution in [0.2, 0.25) is 0 Å². The molecule has 0 bridgehead atoms. The summed E-state index contributed by atoms with van der Waals surface area (Å²) in [5.41, 5.74) is 8.71. The van der Waals surface area contributed by atoms with Gasteiger partial charge in [-0.1, -0.05) is 102 Å². The summed E-state index contributed by atoms with van der Waals surface area (Å²) in [6.07, 6.45) is 0. The predicted molar refractivity (Wildman–Crippen MR) is 153 cm³/mol. The zero-order valence-corrected chi connectivity index (χ0v) is 21.3. The van der Waals surface area contributed by atoms with Gasteiger partial charge in [0.05, 0.1) is 16.9 Å². The average molecular weight is 484 g/mol. The van der Waals surface area contributed by atoms with E-state index in [0.717, 1.165) is 33.5 Å². The third-order valence-electron chi connectivity index (χ3n) is 6.73. The zero-order valence-electron chi connectivity index (χ0n) is 21.3. The maximum Gasteiger partial charge on any atom is 0.195 e. The molecule has 5 rings (SSSR count). The van der Waals surface area contributed by atoms with E-state index < -0.39 is 0 Å². The maximum absolute atomic E-state index is 14.2. The van der Waals surface area contributed by atoms with E-state index in [-0.39, 0.29) is 11.5 Å². The van der Waals surface area contributed by atoms with Crippen LogP contribution in [0.5, 0.6) is 5.75 Å². The van der Waals surface area contributed by atoms with Crippen molar-refractivity contribution in [3.05, 3.63) is 138 Å². The second-order valence-electron chi connectivity index (χ2n) is 9.39. The number of benzene rings is 5. The van der Waals surface area contributed by atoms with E-state index in [9.17, 15) is 9.90 Å². The molecule has 0 heterocycles. The Hall–Kier alpha value is -4.63. The van der Waals surface area contributed by atoms with E-state index in [0.29, 0.717) is 16.8 Å². The Labute approximate surface area is 218 Å². The monoisotopic (exact) mass is 483 g/mol. The predicted octanol–water partition coefficient (Wildman–Crippen LogP) is 8.34. The minimum absolute atomic E-state index is 0.0634. The fourth-order valence-corrected chi connectivity index (χ4v) is 4.61. The van der Waals surface area contributed by atoms with Crippen LogP contribution in [0, 0.1) is 13.8 Å². The number of para-hydroxylation sites is 2. The molecule has 3 nitrogen and oxygen atoms in total. The fourth-order valence-electron chi connectivity index (χ4n) is 4.61. The molecule has 0 unspecified atom stereocenters. The van der Waals surface area contributed by atoms with Gasteiger partial charge in [-0.3, -0.25) is 4.79 Å². The molecular weight excluding hydrogens is 454 g/mol. The number of aryl methyl sites for hydroxylation is 2. The average Bonchev–Trinajstić information content (AvgIpc) is 2.93. The Balaban J connectivity index is 1.82. The van der Waals surface area contributed by atoms with Gasteiger partial charge in [0.15, 0.2) is 5.78 Å². The minimum Gasteiger partial charge on any atom is -0.506 e. The van der Waals surface area contributed by atoms with Crippen molar-refractivity contribution in [2.24, 2.45) is 0 Å². The normalized spacial score (nSPS) is 10.8. The highest BCUT2D eigenvalue weighted by atomic mass is 16.3. The molecule has 5 aromatic carbocycles. The Morgan fingerprint density at radius 3 is 1.86 bits per heavy atom. The second-order valence-corrected chi connectivity index (χ2v) is 9.39. The van der Waals surface area contributed by atoms with E-state index >= 15 is 0 Å². The van der Waals surface area contributed by atoms with Gasteiger partial charge in [-0.15, -0.1) is 0 Å². The number of hydrogen-bond donors (Lipinski definition) is 1. The van der Waals surface area contributed by atoms with Crippen molar-refractivity contribution in [2.75, 3.05) is 11.9 Å². The van der Waals surface area contributed by atoms with Crippen LogP contribution in [0.25, 0.3) is 22.3 Å². The highest BCUT2D eigenvalue weighted by Crippen LogP contribution is 2.41. The van der Waals surface area contributed by atoms with Gasteiger partial charge in [0.25, 0.3) is 0 Å². The fraction of sp³-hybridized carbons (Fsp3) is 0.0882. The summed E-state index contributed by atoms with van der Waals surface area (Å²) in [5, 5.41) is 10.7. The van der Waals surface area contributed by atoms with Gasteiger partial charge in [-0.05, 0) is 60.4 Å². The van der Waals surface area contributed by atoms with Gasteiger partial charge in [-0.25, -0.2) is 0 Å². The topological polar surface area (TPSA) is 40.5 Å².